The second-order valence-electron chi connectivity index (χ2n) is 9.41. The first-order valence-corrected chi connectivity index (χ1v) is 12.0. The average Bonchev–Trinajstić information content (AvgIpc) is 3.47. The van der Waals surface area contributed by atoms with Gasteiger partial charge in [0.15, 0.2) is 0 Å². The molecule has 0 unspecified atom stereocenters. The van der Waals surface area contributed by atoms with Gasteiger partial charge in [-0.1, -0.05) is 30.3 Å². The number of likely N-dealkylation sites (tertiary alicyclic amines) is 1. The zero-order valence-electron chi connectivity index (χ0n) is 20.7. The number of rotatable bonds is 10. The smallest absolute Gasteiger partial charge is 0.290 e. The van der Waals surface area contributed by atoms with Crippen LogP contribution in [0.1, 0.15) is 24.8 Å². The molecule has 1 aromatic carbocycles. The Morgan fingerprint density at radius 3 is 2.60 bits per heavy atom. The zero-order chi connectivity index (χ0) is 25.7. The summed E-state index contributed by atoms with van der Waals surface area (Å²) in [5.41, 5.74) is 1.26. The van der Waals surface area contributed by atoms with Crippen molar-refractivity contribution in [3.63, 3.8) is 0 Å². The van der Waals surface area contributed by atoms with E-state index < -0.39 is 0 Å². The van der Waals surface area contributed by atoms with Gasteiger partial charge in [-0.15, -0.1) is 0 Å². The van der Waals surface area contributed by atoms with Crippen molar-refractivity contribution >= 4 is 18.9 Å². The molecule has 4 rings (SSSR count). The Labute approximate surface area is 207 Å². The Balaban J connectivity index is 0.000000655. The molecule has 4 atom stereocenters. The van der Waals surface area contributed by atoms with Crippen molar-refractivity contribution in [2.45, 2.75) is 37.6 Å². The van der Waals surface area contributed by atoms with Crippen molar-refractivity contribution in [1.82, 2.24) is 15.1 Å². The van der Waals surface area contributed by atoms with Gasteiger partial charge in [-0.25, -0.2) is 0 Å². The number of carbonyl (C=O) groups excluding carboxylic acids is 1. The van der Waals surface area contributed by atoms with E-state index in [2.05, 4.69) is 34.5 Å². The molecule has 3 saturated heterocycles. The van der Waals surface area contributed by atoms with Crippen LogP contribution in [0.4, 0.5) is 0 Å². The van der Waals surface area contributed by atoms with Gasteiger partial charge in [0.2, 0.25) is 5.91 Å². The van der Waals surface area contributed by atoms with Gasteiger partial charge < -0.3 is 29.9 Å². The second-order valence-corrected chi connectivity index (χ2v) is 9.41. The first-order chi connectivity index (χ1) is 16.9. The number of fused-ring (bicyclic) bond motifs is 1. The number of nitrogens with one attached hydrogen (secondary N) is 1. The van der Waals surface area contributed by atoms with Crippen molar-refractivity contribution in [3.8, 4) is 0 Å². The van der Waals surface area contributed by atoms with Gasteiger partial charge in [-0.3, -0.25) is 19.3 Å². The van der Waals surface area contributed by atoms with Crippen LogP contribution in [0.3, 0.4) is 0 Å². The highest BCUT2D eigenvalue weighted by Gasteiger charge is 2.62. The molecule has 10 nitrogen and oxygen atoms in total. The summed E-state index contributed by atoms with van der Waals surface area (Å²) in [6.07, 6.45) is 3.68. The summed E-state index contributed by atoms with van der Waals surface area (Å²) in [6, 6.07) is 10.3. The Hall–Kier alpha value is -2.53. The standard InChI is InChI=1S/C23H35N3O3.2CH2O2/c1-25(2)15-22(27)24-13-19-20-14-26(17-23(20)10-9-21(19)29-23)11-6-12-28-16-18-7-4-3-5-8-18;2*2-1-3/h3-5,7-8,19-21H,6,9-17H2,1-2H3,(H,24,27);2*1H,(H,2,3)/t19-,20+,21+,23+;;/m0../s1. The normalized spacial score (nSPS) is 26.2. The van der Waals surface area contributed by atoms with Crippen LogP contribution in [0.25, 0.3) is 0 Å². The molecule has 1 spiro atoms. The van der Waals surface area contributed by atoms with Crippen LogP contribution >= 0.6 is 0 Å². The fourth-order valence-electron chi connectivity index (χ4n) is 5.46. The predicted molar refractivity (Wildman–Crippen MR) is 130 cm³/mol. The summed E-state index contributed by atoms with van der Waals surface area (Å²) < 4.78 is 12.3. The molecular formula is C25H39N3O7. The minimum atomic E-state index is -0.250. The third-order valence-corrected chi connectivity index (χ3v) is 6.72. The maximum Gasteiger partial charge on any atom is 0.290 e. The van der Waals surface area contributed by atoms with Gasteiger partial charge in [-0.05, 0) is 38.9 Å². The minimum absolute atomic E-state index is 0.0342. The van der Waals surface area contributed by atoms with Crippen LogP contribution in [0, 0.1) is 11.8 Å². The molecule has 0 radical (unpaired) electrons. The predicted octanol–water partition coefficient (Wildman–Crippen LogP) is 1.15. The number of likely N-dealkylation sites (N-methyl/N-ethyl adjacent to an activating group) is 1. The largest absolute Gasteiger partial charge is 0.483 e. The molecule has 0 aromatic heterocycles. The van der Waals surface area contributed by atoms with E-state index in [4.69, 9.17) is 29.3 Å². The Bertz CT molecular complexity index is 774. The molecule has 1 aromatic rings. The Morgan fingerprint density at radius 2 is 1.94 bits per heavy atom. The second kappa shape index (κ2) is 14.8. The summed E-state index contributed by atoms with van der Waals surface area (Å²) in [7, 11) is 3.85. The number of amides is 1. The Kier molecular flexibility index (Phi) is 12.1. The molecular weight excluding hydrogens is 454 g/mol. The molecule has 0 saturated carbocycles. The third kappa shape index (κ3) is 8.57. The first-order valence-electron chi connectivity index (χ1n) is 12.0. The highest BCUT2D eigenvalue weighted by atomic mass is 16.5. The van der Waals surface area contributed by atoms with Crippen molar-refractivity contribution < 1.29 is 34.1 Å². The molecule has 3 heterocycles. The van der Waals surface area contributed by atoms with Crippen LogP contribution in [0.5, 0.6) is 0 Å². The number of ether oxygens (including phenoxy) is 2. The maximum atomic E-state index is 12.1. The monoisotopic (exact) mass is 493 g/mol. The summed E-state index contributed by atoms with van der Waals surface area (Å²) in [6.45, 7) is 5.35. The lowest BCUT2D eigenvalue weighted by Gasteiger charge is -2.29. The first kappa shape index (κ1) is 28.7. The van der Waals surface area contributed by atoms with E-state index in [1.54, 1.807) is 0 Å². The highest BCUT2D eigenvalue weighted by Crippen LogP contribution is 2.54. The zero-order valence-corrected chi connectivity index (χ0v) is 20.7. The van der Waals surface area contributed by atoms with Gasteiger partial charge in [0.1, 0.15) is 0 Å². The summed E-state index contributed by atoms with van der Waals surface area (Å²) in [4.78, 5) is 33.2. The van der Waals surface area contributed by atoms with Gasteiger partial charge >= 0.3 is 0 Å². The number of hydrogen-bond donors (Lipinski definition) is 3. The quantitative estimate of drug-likeness (QED) is 0.325. The van der Waals surface area contributed by atoms with Crippen molar-refractivity contribution in [1.29, 1.82) is 0 Å². The topological polar surface area (TPSA) is 129 Å². The highest BCUT2D eigenvalue weighted by molar-refractivity contribution is 5.77. The average molecular weight is 494 g/mol. The third-order valence-electron chi connectivity index (χ3n) is 6.72. The van der Waals surface area contributed by atoms with E-state index in [1.807, 2.05) is 25.1 Å². The Morgan fingerprint density at radius 1 is 1.26 bits per heavy atom. The van der Waals surface area contributed by atoms with Crippen LogP contribution < -0.4 is 5.32 Å². The number of hydrogen-bond acceptors (Lipinski definition) is 7. The van der Waals surface area contributed by atoms with Crippen LogP contribution in [-0.2, 0) is 30.5 Å². The van der Waals surface area contributed by atoms with Crippen LogP contribution in [0.2, 0.25) is 0 Å². The molecule has 3 aliphatic heterocycles. The van der Waals surface area contributed by atoms with E-state index in [1.165, 1.54) is 12.0 Å². The molecule has 196 valence electrons. The van der Waals surface area contributed by atoms with Crippen LogP contribution in [0.15, 0.2) is 30.3 Å². The van der Waals surface area contributed by atoms with Gasteiger partial charge in [-0.2, -0.15) is 0 Å². The lowest BCUT2D eigenvalue weighted by atomic mass is 9.73. The molecule has 10 heteroatoms. The van der Waals surface area contributed by atoms with Gasteiger partial charge in [0.05, 0.1) is 24.9 Å². The van der Waals surface area contributed by atoms with Crippen molar-refractivity contribution in [3.05, 3.63) is 35.9 Å². The lowest BCUT2D eigenvalue weighted by Crippen LogP contribution is -2.43. The fraction of sp³-hybridized carbons (Fsp3) is 0.640. The van der Waals surface area contributed by atoms with Gasteiger partial charge in [0.25, 0.3) is 12.9 Å². The molecule has 1 amide bonds. The van der Waals surface area contributed by atoms with E-state index in [-0.39, 0.29) is 24.5 Å². The van der Waals surface area contributed by atoms with Crippen molar-refractivity contribution in [2.75, 3.05) is 53.4 Å². The number of benzene rings is 1. The van der Waals surface area contributed by atoms with E-state index in [0.717, 1.165) is 45.6 Å². The molecule has 2 bridgehead atoms. The van der Waals surface area contributed by atoms with Crippen molar-refractivity contribution in [2.24, 2.45) is 11.8 Å². The van der Waals surface area contributed by atoms with E-state index >= 15 is 0 Å². The summed E-state index contributed by atoms with van der Waals surface area (Å²) in [5.74, 6) is 1.11. The minimum Gasteiger partial charge on any atom is -0.483 e. The number of carboxylic acid groups (broad SMARTS) is 2. The molecule has 3 aliphatic rings. The van der Waals surface area contributed by atoms with E-state index in [9.17, 15) is 4.79 Å². The molecule has 3 N–H and O–H groups in total. The van der Waals surface area contributed by atoms with Crippen LogP contribution in [-0.4, -0.2) is 104 Å². The lowest BCUT2D eigenvalue weighted by molar-refractivity contribution is -0.123. The van der Waals surface area contributed by atoms with Gasteiger partial charge in [0, 0.05) is 44.6 Å². The maximum absolute atomic E-state index is 12.1. The fourth-order valence-corrected chi connectivity index (χ4v) is 5.46. The summed E-state index contributed by atoms with van der Waals surface area (Å²) >= 11 is 0. The SMILES string of the molecule is CN(C)CC(=O)NC[C@H]1[C@H]2CN(CCCOCc3ccccc3)C[C@]23CC[C@H]1O3.O=CO.O=CO. The van der Waals surface area contributed by atoms with E-state index in [0.29, 0.717) is 31.1 Å². The molecule has 3 fully saturated rings. The number of nitrogens with zero attached hydrogens (tertiary/aromatic N) is 2. The molecule has 35 heavy (non-hydrogen) atoms. The number of carbonyl (C=O) groups is 3. The summed E-state index contributed by atoms with van der Waals surface area (Å²) in [5, 5.41) is 16.9. The molecule has 0 aliphatic carbocycles.